The Kier molecular flexibility index (Phi) is 5.03. The van der Waals surface area contributed by atoms with E-state index in [1.54, 1.807) is 4.90 Å². The lowest BCUT2D eigenvalue weighted by Crippen LogP contribution is -2.53. The molecule has 1 aromatic rings. The summed E-state index contributed by atoms with van der Waals surface area (Å²) < 4.78 is 5.41. The topological polar surface area (TPSA) is 55.6 Å². The Morgan fingerprint density at radius 2 is 1.82 bits per heavy atom. The number of amides is 1. The molecule has 0 radical (unpaired) electrons. The zero-order valence-corrected chi connectivity index (χ0v) is 14.3. The highest BCUT2D eigenvalue weighted by atomic mass is 35.5. The molecule has 0 aliphatic carbocycles. The van der Waals surface area contributed by atoms with E-state index in [-0.39, 0.29) is 11.6 Å². The largest absolute Gasteiger partial charge is 0.444 e. The quantitative estimate of drug-likeness (QED) is 0.904. The fourth-order valence-electron chi connectivity index (χ4n) is 2.65. The highest BCUT2D eigenvalue weighted by Gasteiger charge is 2.34. The Morgan fingerprint density at radius 3 is 2.32 bits per heavy atom. The predicted molar refractivity (Wildman–Crippen MR) is 89.1 cm³/mol. The average molecular weight is 325 g/mol. The number of piperidine rings is 1. The Balaban J connectivity index is 1.90. The van der Waals surface area contributed by atoms with Gasteiger partial charge >= 0.3 is 6.09 Å². The molecule has 1 saturated heterocycles. The van der Waals surface area contributed by atoms with Gasteiger partial charge in [-0.1, -0.05) is 23.7 Å². The standard InChI is InChI=1S/C17H25ClN2O2/c1-16(2,3)22-15(21)20-10-8-17(19,9-11-20)12-13-4-6-14(18)7-5-13/h4-7H,8-12,19H2,1-3H3. The molecule has 1 fully saturated rings. The molecular weight excluding hydrogens is 300 g/mol. The molecule has 1 heterocycles. The van der Waals surface area contributed by atoms with E-state index in [9.17, 15) is 4.79 Å². The molecule has 0 bridgehead atoms. The second kappa shape index (κ2) is 6.47. The molecule has 0 saturated carbocycles. The summed E-state index contributed by atoms with van der Waals surface area (Å²) in [6, 6.07) is 7.79. The second-order valence-electron chi connectivity index (χ2n) is 7.13. The van der Waals surface area contributed by atoms with Crippen LogP contribution in [-0.4, -0.2) is 35.2 Å². The van der Waals surface area contributed by atoms with Gasteiger partial charge in [-0.3, -0.25) is 0 Å². The average Bonchev–Trinajstić information content (AvgIpc) is 2.40. The van der Waals surface area contributed by atoms with Crippen LogP contribution in [0.25, 0.3) is 0 Å². The van der Waals surface area contributed by atoms with Gasteiger partial charge in [-0.15, -0.1) is 0 Å². The summed E-state index contributed by atoms with van der Waals surface area (Å²) >= 11 is 5.91. The zero-order valence-electron chi connectivity index (χ0n) is 13.6. The van der Waals surface area contributed by atoms with E-state index < -0.39 is 5.60 Å². The first kappa shape index (κ1) is 17.1. The summed E-state index contributed by atoms with van der Waals surface area (Å²) in [5, 5.41) is 0.731. The second-order valence-corrected chi connectivity index (χ2v) is 7.57. The Labute approximate surface area is 137 Å². The maximum Gasteiger partial charge on any atom is 0.410 e. The number of carbonyl (C=O) groups is 1. The van der Waals surface area contributed by atoms with Crippen LogP contribution in [0.4, 0.5) is 4.79 Å². The van der Waals surface area contributed by atoms with Crippen molar-refractivity contribution in [3.63, 3.8) is 0 Å². The van der Waals surface area contributed by atoms with Crippen molar-refractivity contribution in [1.82, 2.24) is 4.90 Å². The van der Waals surface area contributed by atoms with Crippen LogP contribution in [0.5, 0.6) is 0 Å². The summed E-state index contributed by atoms with van der Waals surface area (Å²) in [6.07, 6.45) is 2.09. The summed E-state index contributed by atoms with van der Waals surface area (Å²) in [6.45, 7) is 6.91. The summed E-state index contributed by atoms with van der Waals surface area (Å²) in [5.74, 6) is 0. The highest BCUT2D eigenvalue weighted by molar-refractivity contribution is 6.30. The van der Waals surface area contributed by atoms with E-state index in [0.29, 0.717) is 13.1 Å². The molecule has 1 aromatic carbocycles. The van der Waals surface area contributed by atoms with Crippen molar-refractivity contribution in [1.29, 1.82) is 0 Å². The van der Waals surface area contributed by atoms with Crippen LogP contribution in [0.2, 0.25) is 5.02 Å². The first-order valence-electron chi connectivity index (χ1n) is 7.68. The van der Waals surface area contributed by atoms with Crippen molar-refractivity contribution in [3.8, 4) is 0 Å². The van der Waals surface area contributed by atoms with E-state index in [4.69, 9.17) is 22.1 Å². The van der Waals surface area contributed by atoms with E-state index in [0.717, 1.165) is 24.3 Å². The van der Waals surface area contributed by atoms with Crippen molar-refractivity contribution in [3.05, 3.63) is 34.9 Å². The maximum absolute atomic E-state index is 12.1. The normalized spacial score (nSPS) is 18.1. The van der Waals surface area contributed by atoms with Gasteiger partial charge in [0.25, 0.3) is 0 Å². The Morgan fingerprint density at radius 1 is 1.27 bits per heavy atom. The van der Waals surface area contributed by atoms with Crippen molar-refractivity contribution in [2.75, 3.05) is 13.1 Å². The minimum absolute atomic E-state index is 0.249. The molecule has 0 aromatic heterocycles. The van der Waals surface area contributed by atoms with Crippen molar-refractivity contribution >= 4 is 17.7 Å². The van der Waals surface area contributed by atoms with Gasteiger partial charge in [0, 0.05) is 23.7 Å². The first-order valence-corrected chi connectivity index (χ1v) is 8.06. The first-order chi connectivity index (χ1) is 10.2. The third-order valence-corrected chi connectivity index (χ3v) is 4.13. The Hall–Kier alpha value is -1.26. The zero-order chi connectivity index (χ0) is 16.4. The fourth-order valence-corrected chi connectivity index (χ4v) is 2.77. The molecule has 22 heavy (non-hydrogen) atoms. The highest BCUT2D eigenvalue weighted by Crippen LogP contribution is 2.25. The van der Waals surface area contributed by atoms with Crippen LogP contribution in [0, 0.1) is 0 Å². The maximum atomic E-state index is 12.1. The van der Waals surface area contributed by atoms with E-state index in [2.05, 4.69) is 0 Å². The molecule has 1 amide bonds. The van der Waals surface area contributed by atoms with Gasteiger partial charge in [0.15, 0.2) is 0 Å². The molecule has 4 nitrogen and oxygen atoms in total. The van der Waals surface area contributed by atoms with Gasteiger partial charge in [0.05, 0.1) is 0 Å². The minimum Gasteiger partial charge on any atom is -0.444 e. The van der Waals surface area contributed by atoms with Crippen LogP contribution in [0.1, 0.15) is 39.2 Å². The van der Waals surface area contributed by atoms with Gasteiger partial charge in [-0.2, -0.15) is 0 Å². The van der Waals surface area contributed by atoms with Gasteiger partial charge in [-0.25, -0.2) is 4.79 Å². The number of benzene rings is 1. The molecule has 1 aliphatic heterocycles. The Bertz CT molecular complexity index is 514. The molecule has 1 aliphatic rings. The predicted octanol–water partition coefficient (Wildman–Crippen LogP) is 3.61. The molecule has 5 heteroatoms. The third kappa shape index (κ3) is 4.89. The number of nitrogens with two attached hydrogens (primary N) is 1. The molecule has 0 unspecified atom stereocenters. The van der Waals surface area contributed by atoms with Gasteiger partial charge in [0.1, 0.15) is 5.60 Å². The smallest absolute Gasteiger partial charge is 0.410 e. The molecule has 0 atom stereocenters. The van der Waals surface area contributed by atoms with Crippen molar-refractivity contribution < 1.29 is 9.53 Å². The van der Waals surface area contributed by atoms with Crippen LogP contribution in [-0.2, 0) is 11.2 Å². The number of nitrogens with zero attached hydrogens (tertiary/aromatic N) is 1. The fraction of sp³-hybridized carbons (Fsp3) is 0.588. The molecule has 0 spiro atoms. The summed E-state index contributed by atoms with van der Waals surface area (Å²) in [7, 11) is 0. The number of hydrogen-bond acceptors (Lipinski definition) is 3. The molecule has 122 valence electrons. The van der Waals surface area contributed by atoms with Crippen LogP contribution < -0.4 is 5.73 Å². The van der Waals surface area contributed by atoms with Gasteiger partial charge < -0.3 is 15.4 Å². The number of ether oxygens (including phenoxy) is 1. The lowest BCUT2D eigenvalue weighted by atomic mass is 9.83. The van der Waals surface area contributed by atoms with Gasteiger partial charge in [0.2, 0.25) is 0 Å². The lowest BCUT2D eigenvalue weighted by Gasteiger charge is -2.39. The number of halogens is 1. The summed E-state index contributed by atoms with van der Waals surface area (Å²) in [5.41, 5.74) is 6.95. The van der Waals surface area contributed by atoms with E-state index >= 15 is 0 Å². The van der Waals surface area contributed by atoms with Crippen LogP contribution in [0.15, 0.2) is 24.3 Å². The summed E-state index contributed by atoms with van der Waals surface area (Å²) in [4.78, 5) is 13.8. The monoisotopic (exact) mass is 324 g/mol. The SMILES string of the molecule is CC(C)(C)OC(=O)N1CCC(N)(Cc2ccc(Cl)cc2)CC1. The van der Waals surface area contributed by atoms with Crippen molar-refractivity contribution in [2.45, 2.75) is 51.2 Å². The van der Waals surface area contributed by atoms with E-state index in [1.807, 2.05) is 45.0 Å². The van der Waals surface area contributed by atoms with Crippen LogP contribution in [0.3, 0.4) is 0 Å². The van der Waals surface area contributed by atoms with E-state index in [1.165, 1.54) is 5.56 Å². The van der Waals surface area contributed by atoms with Crippen molar-refractivity contribution in [2.24, 2.45) is 5.73 Å². The van der Waals surface area contributed by atoms with Crippen LogP contribution >= 0.6 is 11.6 Å². The number of carbonyl (C=O) groups excluding carboxylic acids is 1. The number of hydrogen-bond donors (Lipinski definition) is 1. The molecule has 2 rings (SSSR count). The lowest BCUT2D eigenvalue weighted by molar-refractivity contribution is 0.0169. The minimum atomic E-state index is -0.461. The molecule has 2 N–H and O–H groups in total. The van der Waals surface area contributed by atoms with Gasteiger partial charge in [-0.05, 0) is 57.7 Å². The number of rotatable bonds is 2. The third-order valence-electron chi connectivity index (χ3n) is 3.88. The number of likely N-dealkylation sites (tertiary alicyclic amines) is 1. The molecular formula is C17H25ClN2O2.